The largest absolute Gasteiger partial charge is 0.417 e. The summed E-state index contributed by atoms with van der Waals surface area (Å²) in [6.45, 7) is 1.19. The Morgan fingerprint density at radius 1 is 1.44 bits per heavy atom. The Bertz CT molecular complexity index is 433. The number of halogens is 5. The van der Waals surface area contributed by atoms with Crippen LogP contribution in [0.4, 0.5) is 18.9 Å². The molecule has 0 bridgehead atoms. The van der Waals surface area contributed by atoms with Crippen LogP contribution in [0, 0.1) is 0 Å². The van der Waals surface area contributed by atoms with Crippen LogP contribution in [-0.4, -0.2) is 5.91 Å². The highest BCUT2D eigenvalue weighted by Crippen LogP contribution is 2.39. The summed E-state index contributed by atoms with van der Waals surface area (Å²) < 4.78 is 37.4. The molecule has 0 heterocycles. The molecule has 0 aliphatic rings. The van der Waals surface area contributed by atoms with Crippen LogP contribution in [0.3, 0.4) is 0 Å². The number of carbonyl (C=O) groups excluding carboxylic acids is 1. The third-order valence-corrected chi connectivity index (χ3v) is 2.64. The fraction of sp³-hybridized carbons (Fsp3) is 0.222. The molecule has 1 amide bonds. The van der Waals surface area contributed by atoms with Crippen LogP contribution in [0.15, 0.2) is 16.6 Å². The van der Waals surface area contributed by atoms with Crippen LogP contribution in [0.2, 0.25) is 5.02 Å². The SMILES string of the molecule is CC(=O)Nc1cc(C(F)(F)F)c(Br)cc1Cl. The Hall–Kier alpha value is -0.750. The molecule has 0 spiro atoms. The quantitative estimate of drug-likeness (QED) is 0.831. The van der Waals surface area contributed by atoms with Crippen LogP contribution in [0.1, 0.15) is 12.5 Å². The van der Waals surface area contributed by atoms with E-state index in [4.69, 9.17) is 11.6 Å². The van der Waals surface area contributed by atoms with Gasteiger partial charge >= 0.3 is 6.18 Å². The minimum absolute atomic E-state index is 0.0371. The van der Waals surface area contributed by atoms with Crippen molar-refractivity contribution < 1.29 is 18.0 Å². The Labute approximate surface area is 103 Å². The van der Waals surface area contributed by atoms with Crippen LogP contribution in [0.5, 0.6) is 0 Å². The van der Waals surface area contributed by atoms with Crippen molar-refractivity contribution in [3.8, 4) is 0 Å². The van der Waals surface area contributed by atoms with E-state index in [9.17, 15) is 18.0 Å². The van der Waals surface area contributed by atoms with Crippen LogP contribution in [-0.2, 0) is 11.0 Å². The van der Waals surface area contributed by atoms with Gasteiger partial charge in [0.05, 0.1) is 16.3 Å². The number of amides is 1. The minimum Gasteiger partial charge on any atom is -0.325 e. The lowest BCUT2D eigenvalue weighted by Crippen LogP contribution is -2.10. The van der Waals surface area contributed by atoms with E-state index in [1.54, 1.807) is 0 Å². The smallest absolute Gasteiger partial charge is 0.325 e. The van der Waals surface area contributed by atoms with E-state index in [1.807, 2.05) is 0 Å². The first-order chi connectivity index (χ1) is 7.21. The zero-order valence-corrected chi connectivity index (χ0v) is 10.3. The lowest BCUT2D eigenvalue weighted by molar-refractivity contribution is -0.138. The van der Waals surface area contributed by atoms with E-state index in [2.05, 4.69) is 21.2 Å². The molecule has 0 fully saturated rings. The Kier molecular flexibility index (Phi) is 3.85. The van der Waals surface area contributed by atoms with Gasteiger partial charge in [-0.15, -0.1) is 0 Å². The molecule has 0 saturated carbocycles. The Balaban J connectivity index is 3.27. The zero-order chi connectivity index (χ0) is 12.5. The molecule has 7 heteroatoms. The number of hydrogen-bond acceptors (Lipinski definition) is 1. The maximum Gasteiger partial charge on any atom is 0.417 e. The Morgan fingerprint density at radius 2 is 2.00 bits per heavy atom. The molecule has 16 heavy (non-hydrogen) atoms. The van der Waals surface area contributed by atoms with Crippen molar-refractivity contribution in [2.75, 3.05) is 5.32 Å². The first kappa shape index (κ1) is 13.3. The standard InChI is InChI=1S/C9H6BrClF3NO/c1-4(16)15-8-2-5(9(12,13)14)6(10)3-7(8)11/h2-3H,1H3,(H,15,16). The molecular weight excluding hydrogens is 310 g/mol. The van der Waals surface area contributed by atoms with Gasteiger partial charge in [-0.3, -0.25) is 4.79 Å². The zero-order valence-electron chi connectivity index (χ0n) is 7.95. The second kappa shape index (κ2) is 4.63. The van der Waals surface area contributed by atoms with Crippen molar-refractivity contribution in [1.82, 2.24) is 0 Å². The monoisotopic (exact) mass is 315 g/mol. The number of alkyl halides is 3. The van der Waals surface area contributed by atoms with Crippen molar-refractivity contribution in [1.29, 1.82) is 0 Å². The number of nitrogens with one attached hydrogen (secondary N) is 1. The average molecular weight is 317 g/mol. The van der Waals surface area contributed by atoms with E-state index in [0.717, 1.165) is 12.1 Å². The van der Waals surface area contributed by atoms with Crippen molar-refractivity contribution >= 4 is 39.1 Å². The predicted octanol–water partition coefficient (Wildman–Crippen LogP) is 4.08. The molecule has 0 aliphatic heterocycles. The molecule has 88 valence electrons. The second-order valence-corrected chi connectivity index (χ2v) is 4.25. The molecule has 0 aromatic heterocycles. The average Bonchev–Trinajstić information content (AvgIpc) is 2.06. The lowest BCUT2D eigenvalue weighted by atomic mass is 10.2. The lowest BCUT2D eigenvalue weighted by Gasteiger charge is -2.12. The minimum atomic E-state index is -4.50. The van der Waals surface area contributed by atoms with Gasteiger partial charge in [-0.05, 0) is 12.1 Å². The van der Waals surface area contributed by atoms with E-state index >= 15 is 0 Å². The van der Waals surface area contributed by atoms with Gasteiger partial charge in [-0.1, -0.05) is 27.5 Å². The van der Waals surface area contributed by atoms with Crippen molar-refractivity contribution in [2.45, 2.75) is 13.1 Å². The summed E-state index contributed by atoms with van der Waals surface area (Å²) in [5.74, 6) is -0.489. The van der Waals surface area contributed by atoms with E-state index in [1.165, 1.54) is 6.92 Å². The topological polar surface area (TPSA) is 29.1 Å². The number of rotatable bonds is 1. The summed E-state index contributed by atoms with van der Waals surface area (Å²) in [6, 6.07) is 1.88. The molecule has 1 rings (SSSR count). The Morgan fingerprint density at radius 3 is 2.44 bits per heavy atom. The summed E-state index contributed by atoms with van der Waals surface area (Å²) in [4.78, 5) is 10.7. The molecule has 0 radical (unpaired) electrons. The fourth-order valence-corrected chi connectivity index (χ4v) is 1.96. The van der Waals surface area contributed by atoms with Gasteiger partial charge in [0.1, 0.15) is 0 Å². The summed E-state index contributed by atoms with van der Waals surface area (Å²) in [7, 11) is 0. The van der Waals surface area contributed by atoms with Crippen LogP contribution >= 0.6 is 27.5 Å². The van der Waals surface area contributed by atoms with Crippen LogP contribution in [0.25, 0.3) is 0 Å². The van der Waals surface area contributed by atoms with Gasteiger partial charge in [0, 0.05) is 11.4 Å². The summed E-state index contributed by atoms with van der Waals surface area (Å²) in [6.07, 6.45) is -4.50. The molecule has 1 aromatic carbocycles. The van der Waals surface area contributed by atoms with E-state index in [0.29, 0.717) is 0 Å². The molecule has 0 aliphatic carbocycles. The molecule has 2 nitrogen and oxygen atoms in total. The highest BCUT2D eigenvalue weighted by Gasteiger charge is 2.33. The van der Waals surface area contributed by atoms with Gasteiger partial charge in [0.2, 0.25) is 5.91 Å². The van der Waals surface area contributed by atoms with Gasteiger partial charge in [-0.2, -0.15) is 13.2 Å². The molecule has 0 saturated heterocycles. The summed E-state index contributed by atoms with van der Waals surface area (Å²) >= 11 is 8.45. The molecule has 1 aromatic rings. The molecule has 0 unspecified atom stereocenters. The highest BCUT2D eigenvalue weighted by atomic mass is 79.9. The van der Waals surface area contributed by atoms with Crippen molar-refractivity contribution in [3.63, 3.8) is 0 Å². The molecule has 0 atom stereocenters. The first-order valence-corrected chi connectivity index (χ1v) is 5.22. The first-order valence-electron chi connectivity index (χ1n) is 4.05. The van der Waals surface area contributed by atoms with E-state index < -0.39 is 17.6 Å². The molecule has 1 N–H and O–H groups in total. The predicted molar refractivity (Wildman–Crippen MR) is 58.5 cm³/mol. The number of anilines is 1. The van der Waals surface area contributed by atoms with Gasteiger partial charge in [-0.25, -0.2) is 0 Å². The van der Waals surface area contributed by atoms with Gasteiger partial charge in [0.25, 0.3) is 0 Å². The van der Waals surface area contributed by atoms with Gasteiger partial charge in [0.15, 0.2) is 0 Å². The maximum absolute atomic E-state index is 12.5. The fourth-order valence-electron chi connectivity index (χ4n) is 1.05. The maximum atomic E-state index is 12.5. The van der Waals surface area contributed by atoms with Gasteiger partial charge < -0.3 is 5.32 Å². The van der Waals surface area contributed by atoms with Crippen LogP contribution < -0.4 is 5.32 Å². The normalized spacial score (nSPS) is 11.4. The molecular formula is C9H6BrClF3NO. The summed E-state index contributed by atoms with van der Waals surface area (Å²) in [5, 5.41) is 2.26. The number of carbonyl (C=O) groups is 1. The third-order valence-electron chi connectivity index (χ3n) is 1.67. The highest BCUT2D eigenvalue weighted by molar-refractivity contribution is 9.10. The summed E-state index contributed by atoms with van der Waals surface area (Å²) in [5.41, 5.74) is -0.953. The second-order valence-electron chi connectivity index (χ2n) is 2.99. The third kappa shape index (κ3) is 3.12. The van der Waals surface area contributed by atoms with Crippen molar-refractivity contribution in [3.05, 3.63) is 27.2 Å². The number of benzene rings is 1. The van der Waals surface area contributed by atoms with E-state index in [-0.39, 0.29) is 15.2 Å². The van der Waals surface area contributed by atoms with Crippen molar-refractivity contribution in [2.24, 2.45) is 0 Å². The number of hydrogen-bond donors (Lipinski definition) is 1.